The summed E-state index contributed by atoms with van der Waals surface area (Å²) in [4.78, 5) is 16.2. The number of nitrogens with zero attached hydrogens (tertiary/aromatic N) is 2. The van der Waals surface area contributed by atoms with Gasteiger partial charge in [-0.05, 0) is 38.6 Å². The van der Waals surface area contributed by atoms with Crippen molar-refractivity contribution in [2.24, 2.45) is 0 Å². The van der Waals surface area contributed by atoms with E-state index in [1.165, 1.54) is 6.07 Å². The second-order valence-electron chi connectivity index (χ2n) is 6.44. The number of hydrogen-bond acceptors (Lipinski definition) is 3. The maximum Gasteiger partial charge on any atom is 0.416 e. The van der Waals surface area contributed by atoms with E-state index in [1.54, 1.807) is 6.07 Å². The van der Waals surface area contributed by atoms with Crippen molar-refractivity contribution in [1.82, 2.24) is 15.1 Å². The fourth-order valence-corrected chi connectivity index (χ4v) is 2.89. The van der Waals surface area contributed by atoms with Gasteiger partial charge in [-0.15, -0.1) is 0 Å². The molecular weight excluding hydrogens is 319 g/mol. The first kappa shape index (κ1) is 18.7. The molecule has 1 N–H and O–H groups in total. The highest BCUT2D eigenvalue weighted by Crippen LogP contribution is 2.29. The normalized spacial score (nSPS) is 19.0. The molecule has 1 aliphatic heterocycles. The van der Waals surface area contributed by atoms with E-state index >= 15 is 0 Å². The lowest BCUT2D eigenvalue weighted by Crippen LogP contribution is -2.38. The average molecular weight is 343 g/mol. The predicted octanol–water partition coefficient (Wildman–Crippen LogP) is 2.00. The van der Waals surface area contributed by atoms with Gasteiger partial charge in [0.25, 0.3) is 0 Å². The maximum atomic E-state index is 12.7. The minimum absolute atomic E-state index is 0.0821. The zero-order chi connectivity index (χ0) is 17.7. The van der Waals surface area contributed by atoms with Crippen LogP contribution in [0.15, 0.2) is 24.3 Å². The Labute approximate surface area is 140 Å². The largest absolute Gasteiger partial charge is 0.416 e. The molecule has 0 radical (unpaired) electrons. The number of alkyl halides is 3. The van der Waals surface area contributed by atoms with Gasteiger partial charge in [-0.25, -0.2) is 0 Å². The summed E-state index contributed by atoms with van der Waals surface area (Å²) in [6.45, 7) is 2.44. The molecule has 1 aliphatic rings. The molecule has 1 amide bonds. The molecule has 1 saturated heterocycles. The van der Waals surface area contributed by atoms with Crippen molar-refractivity contribution in [3.63, 3.8) is 0 Å². The van der Waals surface area contributed by atoms with Crippen LogP contribution in [-0.4, -0.2) is 62.0 Å². The van der Waals surface area contributed by atoms with E-state index in [-0.39, 0.29) is 5.91 Å². The summed E-state index contributed by atoms with van der Waals surface area (Å²) in [5.74, 6) is -0.0821. The molecule has 0 bridgehead atoms. The Bertz CT molecular complexity index is 560. The monoisotopic (exact) mass is 343 g/mol. The Morgan fingerprint density at radius 2 is 2.12 bits per heavy atom. The van der Waals surface area contributed by atoms with Crippen LogP contribution >= 0.6 is 0 Å². The number of carbonyl (C=O) groups excluding carboxylic acids is 1. The van der Waals surface area contributed by atoms with E-state index in [1.807, 2.05) is 14.1 Å². The second kappa shape index (κ2) is 7.98. The minimum Gasteiger partial charge on any atom is -0.355 e. The van der Waals surface area contributed by atoms with Crippen LogP contribution in [0.25, 0.3) is 0 Å². The SMILES string of the molecule is CN(C)[C@H]1CCN(CC(=O)NCCc2cccc(C(F)(F)F)c2)C1. The van der Waals surface area contributed by atoms with Crippen LogP contribution in [0.3, 0.4) is 0 Å². The fraction of sp³-hybridized carbons (Fsp3) is 0.588. The zero-order valence-corrected chi connectivity index (χ0v) is 14.1. The van der Waals surface area contributed by atoms with Gasteiger partial charge in [-0.3, -0.25) is 9.69 Å². The lowest BCUT2D eigenvalue weighted by atomic mass is 10.1. The van der Waals surface area contributed by atoms with Gasteiger partial charge in [0.1, 0.15) is 0 Å². The molecule has 1 fully saturated rings. The molecule has 0 saturated carbocycles. The molecule has 0 unspecified atom stereocenters. The quantitative estimate of drug-likeness (QED) is 0.858. The summed E-state index contributed by atoms with van der Waals surface area (Å²) in [5, 5.41) is 2.78. The van der Waals surface area contributed by atoms with Crippen molar-refractivity contribution in [1.29, 1.82) is 0 Å². The lowest BCUT2D eigenvalue weighted by Gasteiger charge is -2.20. The average Bonchev–Trinajstić information content (AvgIpc) is 2.95. The number of benzene rings is 1. The molecule has 1 aromatic carbocycles. The van der Waals surface area contributed by atoms with Crippen molar-refractivity contribution in [2.45, 2.75) is 25.1 Å². The van der Waals surface area contributed by atoms with E-state index in [0.717, 1.165) is 31.6 Å². The van der Waals surface area contributed by atoms with Crippen molar-refractivity contribution < 1.29 is 18.0 Å². The van der Waals surface area contributed by atoms with Gasteiger partial charge in [0.05, 0.1) is 12.1 Å². The van der Waals surface area contributed by atoms with Gasteiger partial charge in [-0.2, -0.15) is 13.2 Å². The standard InChI is InChI=1S/C17H24F3N3O/c1-22(2)15-7-9-23(11-15)12-16(24)21-8-6-13-4-3-5-14(10-13)17(18,19)20/h3-5,10,15H,6-9,11-12H2,1-2H3,(H,21,24)/t15-/m0/s1. The van der Waals surface area contributed by atoms with Crippen LogP contribution in [-0.2, 0) is 17.4 Å². The number of likely N-dealkylation sites (tertiary alicyclic amines) is 1. The summed E-state index contributed by atoms with van der Waals surface area (Å²) in [5.41, 5.74) is -0.0860. The Balaban J connectivity index is 1.73. The van der Waals surface area contributed by atoms with Gasteiger partial charge >= 0.3 is 6.18 Å². The highest BCUT2D eigenvalue weighted by Gasteiger charge is 2.30. The summed E-state index contributed by atoms with van der Waals surface area (Å²) < 4.78 is 38.0. The molecule has 134 valence electrons. The fourth-order valence-electron chi connectivity index (χ4n) is 2.89. The summed E-state index contributed by atoms with van der Waals surface area (Å²) in [7, 11) is 4.06. The number of halogens is 3. The third-order valence-electron chi connectivity index (χ3n) is 4.34. The maximum absolute atomic E-state index is 12.7. The highest BCUT2D eigenvalue weighted by molar-refractivity contribution is 5.78. The number of amides is 1. The number of hydrogen-bond donors (Lipinski definition) is 1. The van der Waals surface area contributed by atoms with Crippen LogP contribution in [0.5, 0.6) is 0 Å². The van der Waals surface area contributed by atoms with E-state index in [2.05, 4.69) is 15.1 Å². The van der Waals surface area contributed by atoms with Gasteiger partial charge in [-0.1, -0.05) is 18.2 Å². The summed E-state index contributed by atoms with van der Waals surface area (Å²) >= 11 is 0. The Morgan fingerprint density at radius 3 is 2.75 bits per heavy atom. The summed E-state index contributed by atoms with van der Waals surface area (Å²) in [6, 6.07) is 5.70. The van der Waals surface area contributed by atoms with Gasteiger partial charge in [0.15, 0.2) is 0 Å². The van der Waals surface area contributed by atoms with Gasteiger partial charge in [0, 0.05) is 25.7 Å². The van der Waals surface area contributed by atoms with Crippen molar-refractivity contribution in [3.8, 4) is 0 Å². The number of rotatable bonds is 6. The number of nitrogens with one attached hydrogen (secondary N) is 1. The van der Waals surface area contributed by atoms with Crippen molar-refractivity contribution in [2.75, 3.05) is 40.3 Å². The first-order valence-electron chi connectivity index (χ1n) is 8.07. The third kappa shape index (κ3) is 5.49. The molecule has 1 heterocycles. The Morgan fingerprint density at radius 1 is 1.38 bits per heavy atom. The van der Waals surface area contributed by atoms with Crippen molar-refractivity contribution in [3.05, 3.63) is 35.4 Å². The third-order valence-corrected chi connectivity index (χ3v) is 4.34. The topological polar surface area (TPSA) is 35.6 Å². The molecule has 1 aromatic rings. The molecule has 0 aromatic heterocycles. The van der Waals surface area contributed by atoms with E-state index in [0.29, 0.717) is 31.1 Å². The second-order valence-corrected chi connectivity index (χ2v) is 6.44. The highest BCUT2D eigenvalue weighted by atomic mass is 19.4. The Hall–Kier alpha value is -1.60. The number of carbonyl (C=O) groups is 1. The first-order chi connectivity index (χ1) is 11.3. The van der Waals surface area contributed by atoms with E-state index in [9.17, 15) is 18.0 Å². The first-order valence-corrected chi connectivity index (χ1v) is 8.07. The summed E-state index contributed by atoms with van der Waals surface area (Å²) in [6.07, 6.45) is -2.90. The minimum atomic E-state index is -4.34. The van der Waals surface area contributed by atoms with Gasteiger partial charge in [0.2, 0.25) is 5.91 Å². The Kier molecular flexibility index (Phi) is 6.23. The number of likely N-dealkylation sites (N-methyl/N-ethyl adjacent to an activating group) is 1. The van der Waals surface area contributed by atoms with E-state index in [4.69, 9.17) is 0 Å². The zero-order valence-electron chi connectivity index (χ0n) is 14.1. The molecule has 0 spiro atoms. The van der Waals surface area contributed by atoms with Crippen LogP contribution in [0.2, 0.25) is 0 Å². The smallest absolute Gasteiger partial charge is 0.355 e. The molecule has 7 heteroatoms. The molecule has 0 aliphatic carbocycles. The molecular formula is C17H24F3N3O. The molecule has 24 heavy (non-hydrogen) atoms. The molecule has 2 rings (SSSR count). The molecule has 1 atom stereocenters. The van der Waals surface area contributed by atoms with Crippen molar-refractivity contribution >= 4 is 5.91 Å². The predicted molar refractivity (Wildman–Crippen MR) is 86.7 cm³/mol. The van der Waals surface area contributed by atoms with Crippen LogP contribution < -0.4 is 5.32 Å². The van der Waals surface area contributed by atoms with Gasteiger partial charge < -0.3 is 10.2 Å². The van der Waals surface area contributed by atoms with Crippen LogP contribution in [0.4, 0.5) is 13.2 Å². The lowest BCUT2D eigenvalue weighted by molar-refractivity contribution is -0.137. The molecule has 4 nitrogen and oxygen atoms in total. The van der Waals surface area contributed by atoms with E-state index < -0.39 is 11.7 Å². The van der Waals surface area contributed by atoms with Crippen LogP contribution in [0.1, 0.15) is 17.5 Å². The van der Waals surface area contributed by atoms with Crippen LogP contribution in [0, 0.1) is 0 Å².